The molecule has 0 aliphatic heterocycles. The second kappa shape index (κ2) is 7.61. The average Bonchev–Trinajstić information content (AvgIpc) is 2.52. The van der Waals surface area contributed by atoms with Gasteiger partial charge in [-0.15, -0.1) is 0 Å². The van der Waals surface area contributed by atoms with Crippen LogP contribution in [0.15, 0.2) is 48.5 Å². The maximum atomic E-state index is 12.0. The molecule has 1 unspecified atom stereocenters. The van der Waals surface area contributed by atoms with Crippen molar-refractivity contribution in [3.63, 3.8) is 0 Å². The maximum absolute atomic E-state index is 12.0. The normalized spacial score (nSPS) is 11.8. The number of ether oxygens (including phenoxy) is 1. The first kappa shape index (κ1) is 16.0. The van der Waals surface area contributed by atoms with Crippen LogP contribution in [0.4, 0.5) is 5.69 Å². The second-order valence-corrected chi connectivity index (χ2v) is 5.26. The van der Waals surface area contributed by atoms with Gasteiger partial charge in [-0.1, -0.05) is 37.3 Å². The zero-order chi connectivity index (χ0) is 15.9. The maximum Gasteiger partial charge on any atom is 0.262 e. The molecule has 4 heteroatoms. The largest absolute Gasteiger partial charge is 0.483 e. The van der Waals surface area contributed by atoms with Crippen LogP contribution in [0, 0.1) is 6.92 Å². The molecular formula is C18H22N2O2. The van der Waals surface area contributed by atoms with Gasteiger partial charge in [0, 0.05) is 17.3 Å². The number of nitrogens with two attached hydrogens (primary N) is 1. The third-order valence-corrected chi connectivity index (χ3v) is 3.42. The number of aryl methyl sites for hydroxylation is 1. The van der Waals surface area contributed by atoms with E-state index in [1.54, 1.807) is 0 Å². The van der Waals surface area contributed by atoms with Crippen molar-refractivity contribution < 1.29 is 9.53 Å². The summed E-state index contributed by atoms with van der Waals surface area (Å²) in [7, 11) is 0. The molecule has 0 aliphatic carbocycles. The number of carbonyl (C=O) groups excluding carboxylic acids is 1. The highest BCUT2D eigenvalue weighted by Gasteiger charge is 2.11. The van der Waals surface area contributed by atoms with E-state index in [1.807, 2.05) is 62.4 Å². The fourth-order valence-electron chi connectivity index (χ4n) is 2.20. The Morgan fingerprint density at radius 3 is 2.73 bits per heavy atom. The smallest absolute Gasteiger partial charge is 0.262 e. The van der Waals surface area contributed by atoms with Gasteiger partial charge < -0.3 is 15.8 Å². The van der Waals surface area contributed by atoms with Crippen molar-refractivity contribution >= 4 is 11.6 Å². The zero-order valence-electron chi connectivity index (χ0n) is 13.0. The molecule has 2 aromatic carbocycles. The van der Waals surface area contributed by atoms with Crippen LogP contribution in [0.5, 0.6) is 5.75 Å². The molecule has 0 heterocycles. The third kappa shape index (κ3) is 4.33. The first-order chi connectivity index (χ1) is 10.6. The molecule has 2 aromatic rings. The van der Waals surface area contributed by atoms with Gasteiger partial charge in [-0.2, -0.15) is 0 Å². The Morgan fingerprint density at radius 1 is 1.23 bits per heavy atom. The van der Waals surface area contributed by atoms with Crippen LogP contribution in [0.25, 0.3) is 0 Å². The molecule has 0 saturated carbocycles. The van der Waals surface area contributed by atoms with E-state index in [2.05, 4.69) is 5.32 Å². The van der Waals surface area contributed by atoms with Crippen molar-refractivity contribution in [1.82, 2.24) is 0 Å². The van der Waals surface area contributed by atoms with Gasteiger partial charge in [0.2, 0.25) is 0 Å². The molecule has 0 spiro atoms. The summed E-state index contributed by atoms with van der Waals surface area (Å²) in [4.78, 5) is 12.0. The molecule has 0 radical (unpaired) electrons. The minimum Gasteiger partial charge on any atom is -0.483 e. The predicted octanol–water partition coefficient (Wildman–Crippen LogP) is 3.42. The molecule has 0 aliphatic rings. The molecule has 0 saturated heterocycles. The molecule has 2 rings (SSSR count). The molecular weight excluding hydrogens is 276 g/mol. The van der Waals surface area contributed by atoms with Gasteiger partial charge in [0.25, 0.3) is 5.91 Å². The van der Waals surface area contributed by atoms with Crippen LogP contribution in [-0.2, 0) is 4.79 Å². The Hall–Kier alpha value is -2.33. The van der Waals surface area contributed by atoms with E-state index in [9.17, 15) is 4.79 Å². The number of nitrogens with one attached hydrogen (secondary N) is 1. The summed E-state index contributed by atoms with van der Waals surface area (Å²) in [6.45, 7) is 3.96. The summed E-state index contributed by atoms with van der Waals surface area (Å²) >= 11 is 0. The van der Waals surface area contributed by atoms with Crippen molar-refractivity contribution in [2.75, 3.05) is 11.9 Å². The molecule has 22 heavy (non-hydrogen) atoms. The molecule has 0 aromatic heterocycles. The summed E-state index contributed by atoms with van der Waals surface area (Å²) in [5.41, 5.74) is 8.85. The van der Waals surface area contributed by atoms with E-state index >= 15 is 0 Å². The quantitative estimate of drug-likeness (QED) is 0.859. The van der Waals surface area contributed by atoms with E-state index < -0.39 is 0 Å². The third-order valence-electron chi connectivity index (χ3n) is 3.42. The van der Waals surface area contributed by atoms with Gasteiger partial charge in [-0.25, -0.2) is 0 Å². The van der Waals surface area contributed by atoms with Gasteiger partial charge in [0.15, 0.2) is 6.61 Å². The van der Waals surface area contributed by atoms with E-state index in [1.165, 1.54) is 0 Å². The number of hydrogen-bond acceptors (Lipinski definition) is 3. The lowest BCUT2D eigenvalue weighted by molar-refractivity contribution is -0.118. The fraction of sp³-hybridized carbons (Fsp3) is 0.278. The summed E-state index contributed by atoms with van der Waals surface area (Å²) < 4.78 is 5.63. The van der Waals surface area contributed by atoms with Gasteiger partial charge in [0.1, 0.15) is 5.75 Å². The van der Waals surface area contributed by atoms with Crippen LogP contribution in [-0.4, -0.2) is 12.5 Å². The van der Waals surface area contributed by atoms with Crippen molar-refractivity contribution in [3.05, 3.63) is 59.7 Å². The SMILES string of the molecule is CCC(N)c1ccccc1OCC(=O)Nc1cccc(C)c1. The highest BCUT2D eigenvalue weighted by Crippen LogP contribution is 2.25. The lowest BCUT2D eigenvalue weighted by atomic mass is 10.0. The monoisotopic (exact) mass is 298 g/mol. The summed E-state index contributed by atoms with van der Waals surface area (Å²) in [5, 5.41) is 2.82. The molecule has 1 atom stereocenters. The van der Waals surface area contributed by atoms with E-state index in [0.29, 0.717) is 5.75 Å². The first-order valence-corrected chi connectivity index (χ1v) is 7.44. The van der Waals surface area contributed by atoms with E-state index in [4.69, 9.17) is 10.5 Å². The van der Waals surface area contributed by atoms with Crippen LogP contribution in [0.3, 0.4) is 0 Å². The lowest BCUT2D eigenvalue weighted by Crippen LogP contribution is -2.21. The van der Waals surface area contributed by atoms with E-state index in [0.717, 1.165) is 23.2 Å². The van der Waals surface area contributed by atoms with Gasteiger partial charge in [-0.05, 0) is 37.1 Å². The van der Waals surface area contributed by atoms with Gasteiger partial charge in [0.05, 0.1) is 0 Å². The number of anilines is 1. The Bertz CT molecular complexity index is 640. The number of para-hydroxylation sites is 1. The fourth-order valence-corrected chi connectivity index (χ4v) is 2.20. The second-order valence-electron chi connectivity index (χ2n) is 5.26. The number of carbonyl (C=O) groups is 1. The number of hydrogen-bond donors (Lipinski definition) is 2. The van der Waals surface area contributed by atoms with Crippen molar-refractivity contribution in [3.8, 4) is 5.75 Å². The Kier molecular flexibility index (Phi) is 5.55. The minimum absolute atomic E-state index is 0.0403. The minimum atomic E-state index is -0.189. The van der Waals surface area contributed by atoms with Crippen molar-refractivity contribution in [2.24, 2.45) is 5.73 Å². The highest BCUT2D eigenvalue weighted by atomic mass is 16.5. The predicted molar refractivity (Wildman–Crippen MR) is 89.0 cm³/mol. The number of amides is 1. The molecule has 3 N–H and O–H groups in total. The van der Waals surface area contributed by atoms with Crippen molar-refractivity contribution in [1.29, 1.82) is 0 Å². The molecule has 0 fully saturated rings. The Labute approximate surface area is 131 Å². The van der Waals surface area contributed by atoms with Crippen LogP contribution in [0.1, 0.15) is 30.5 Å². The van der Waals surface area contributed by atoms with Crippen LogP contribution >= 0.6 is 0 Å². The average molecular weight is 298 g/mol. The Morgan fingerprint density at radius 2 is 2.00 bits per heavy atom. The van der Waals surface area contributed by atoms with Crippen LogP contribution in [0.2, 0.25) is 0 Å². The summed E-state index contributed by atoms with van der Waals surface area (Å²) in [6.07, 6.45) is 0.815. The number of benzene rings is 2. The van der Waals surface area contributed by atoms with Gasteiger partial charge in [-0.3, -0.25) is 4.79 Å². The molecule has 4 nitrogen and oxygen atoms in total. The zero-order valence-corrected chi connectivity index (χ0v) is 13.0. The molecule has 116 valence electrons. The van der Waals surface area contributed by atoms with E-state index in [-0.39, 0.29) is 18.6 Å². The van der Waals surface area contributed by atoms with Gasteiger partial charge >= 0.3 is 0 Å². The number of rotatable bonds is 6. The molecule has 0 bridgehead atoms. The topological polar surface area (TPSA) is 64.3 Å². The summed E-state index contributed by atoms with van der Waals surface area (Å²) in [6, 6.07) is 15.1. The standard InChI is InChI=1S/C18H22N2O2/c1-3-16(19)15-9-4-5-10-17(15)22-12-18(21)20-14-8-6-7-13(2)11-14/h4-11,16H,3,12,19H2,1-2H3,(H,20,21). The molecule has 1 amide bonds. The van der Waals surface area contributed by atoms with Crippen molar-refractivity contribution in [2.45, 2.75) is 26.3 Å². The lowest BCUT2D eigenvalue weighted by Gasteiger charge is -2.15. The summed E-state index contributed by atoms with van der Waals surface area (Å²) in [5.74, 6) is 0.474. The highest BCUT2D eigenvalue weighted by molar-refractivity contribution is 5.91. The Balaban J connectivity index is 1.97. The van der Waals surface area contributed by atoms with Crippen LogP contribution < -0.4 is 15.8 Å². The first-order valence-electron chi connectivity index (χ1n) is 7.44.